The van der Waals surface area contributed by atoms with Crippen LogP contribution in [0.15, 0.2) is 54.6 Å². The average Bonchev–Trinajstić information content (AvgIpc) is 3.28. The maximum absolute atomic E-state index is 14.7. The first-order chi connectivity index (χ1) is 19.9. The fraction of sp³-hybridized carbons (Fsp3) is 0.606. The first-order valence-corrected chi connectivity index (χ1v) is 15.5. The number of fused-ring (bicyclic) bond motifs is 2. The van der Waals surface area contributed by atoms with Crippen LogP contribution in [0.2, 0.25) is 0 Å². The van der Waals surface area contributed by atoms with Gasteiger partial charge in [-0.3, -0.25) is 14.4 Å². The molecular weight excluding hydrogens is 518 g/mol. The minimum Gasteiger partial charge on any atom is -0.394 e. The van der Waals surface area contributed by atoms with Gasteiger partial charge in [-0.15, -0.1) is 0 Å². The van der Waals surface area contributed by atoms with Crippen molar-refractivity contribution in [2.24, 2.45) is 11.8 Å². The van der Waals surface area contributed by atoms with Gasteiger partial charge in [0.2, 0.25) is 17.7 Å². The summed E-state index contributed by atoms with van der Waals surface area (Å²) in [6.45, 7) is 7.93. The predicted octanol–water partition coefficient (Wildman–Crippen LogP) is 3.35. The number of nitrogens with zero attached hydrogens (tertiary/aromatic N) is 3. The number of carbonyl (C=O) groups is 3. The summed E-state index contributed by atoms with van der Waals surface area (Å²) in [7, 11) is 0. The van der Waals surface area contributed by atoms with Crippen molar-refractivity contribution in [3.8, 4) is 0 Å². The van der Waals surface area contributed by atoms with Gasteiger partial charge in [-0.2, -0.15) is 0 Å². The number of rotatable bonds is 11. The van der Waals surface area contributed by atoms with Crippen LogP contribution in [0.1, 0.15) is 58.4 Å². The molecule has 8 nitrogen and oxygen atoms in total. The Bertz CT molecular complexity index is 1180. The maximum atomic E-state index is 14.7. The highest BCUT2D eigenvalue weighted by atomic mass is 16.5. The monoisotopic (exact) mass is 563 g/mol. The summed E-state index contributed by atoms with van der Waals surface area (Å²) >= 11 is 0. The van der Waals surface area contributed by atoms with Crippen LogP contribution in [-0.2, 0) is 25.5 Å². The molecule has 1 aromatic carbocycles. The predicted molar refractivity (Wildman–Crippen MR) is 157 cm³/mol. The number of aliphatic hydroxyl groups excluding tert-OH is 1. The molecule has 0 aliphatic carbocycles. The Morgan fingerprint density at radius 2 is 1.59 bits per heavy atom. The molecule has 1 spiro atoms. The summed E-state index contributed by atoms with van der Waals surface area (Å²) in [5.41, 5.74) is -1.32. The van der Waals surface area contributed by atoms with E-state index in [9.17, 15) is 19.5 Å². The van der Waals surface area contributed by atoms with Crippen LogP contribution >= 0.6 is 0 Å². The molecule has 1 unspecified atom stereocenters. The largest absolute Gasteiger partial charge is 0.394 e. The van der Waals surface area contributed by atoms with Crippen LogP contribution in [-0.4, -0.2) is 93.6 Å². The third-order valence-electron chi connectivity index (χ3n) is 9.49. The molecule has 3 amide bonds. The zero-order valence-corrected chi connectivity index (χ0v) is 24.7. The molecule has 5 rings (SSSR count). The van der Waals surface area contributed by atoms with Gasteiger partial charge in [-0.05, 0) is 31.2 Å². The van der Waals surface area contributed by atoms with E-state index in [0.29, 0.717) is 39.0 Å². The van der Waals surface area contributed by atoms with E-state index < -0.39 is 35.1 Å². The number of carbonyl (C=O) groups excluding carboxylic acids is 3. The van der Waals surface area contributed by atoms with E-state index in [0.717, 1.165) is 31.2 Å². The number of hydrogen-bond acceptors (Lipinski definition) is 5. The quantitative estimate of drug-likeness (QED) is 0.330. The highest BCUT2D eigenvalue weighted by molar-refractivity contribution is 6.00. The minimum absolute atomic E-state index is 0.0944. The molecule has 8 heteroatoms. The lowest BCUT2D eigenvalue weighted by atomic mass is 9.73. The van der Waals surface area contributed by atoms with Crippen LogP contribution in [0.5, 0.6) is 0 Å². The van der Waals surface area contributed by atoms with Crippen LogP contribution < -0.4 is 0 Å². The molecule has 1 aromatic rings. The number of benzene rings is 1. The van der Waals surface area contributed by atoms with E-state index in [1.807, 2.05) is 78.3 Å². The average molecular weight is 564 g/mol. The molecule has 0 bridgehead atoms. The highest BCUT2D eigenvalue weighted by Gasteiger charge is 2.75. The van der Waals surface area contributed by atoms with Crippen molar-refractivity contribution in [2.45, 2.75) is 82.6 Å². The van der Waals surface area contributed by atoms with E-state index in [4.69, 9.17) is 4.74 Å². The van der Waals surface area contributed by atoms with Crippen molar-refractivity contribution < 1.29 is 24.2 Å². The Morgan fingerprint density at radius 1 is 0.878 bits per heavy atom. The number of ether oxygens (including phenoxy) is 1. The van der Waals surface area contributed by atoms with E-state index >= 15 is 0 Å². The second kappa shape index (κ2) is 12.1. The fourth-order valence-electron chi connectivity index (χ4n) is 7.55. The summed E-state index contributed by atoms with van der Waals surface area (Å²) in [5.74, 6) is -2.15. The van der Waals surface area contributed by atoms with Crippen molar-refractivity contribution in [1.82, 2.24) is 14.7 Å². The summed E-state index contributed by atoms with van der Waals surface area (Å²) < 4.78 is 7.05. The Hall–Kier alpha value is -2.97. The van der Waals surface area contributed by atoms with Crippen LogP contribution in [0.3, 0.4) is 0 Å². The van der Waals surface area contributed by atoms with E-state index in [-0.39, 0.29) is 24.3 Å². The maximum Gasteiger partial charge on any atom is 0.249 e. The zero-order chi connectivity index (χ0) is 29.2. The van der Waals surface area contributed by atoms with Gasteiger partial charge in [0.25, 0.3) is 0 Å². The molecule has 4 aliphatic rings. The van der Waals surface area contributed by atoms with Gasteiger partial charge in [0, 0.05) is 26.2 Å². The van der Waals surface area contributed by atoms with E-state index in [1.54, 1.807) is 4.90 Å². The first kappa shape index (κ1) is 29.5. The second-order valence-electron chi connectivity index (χ2n) is 12.0. The molecule has 4 heterocycles. The number of hydrogen-bond donors (Lipinski definition) is 1. The fourth-order valence-corrected chi connectivity index (χ4v) is 7.55. The summed E-state index contributed by atoms with van der Waals surface area (Å²) in [4.78, 5) is 48.7. The van der Waals surface area contributed by atoms with Crippen LogP contribution in [0.4, 0.5) is 0 Å². The van der Waals surface area contributed by atoms with Gasteiger partial charge in [0.15, 0.2) is 0 Å². The van der Waals surface area contributed by atoms with Gasteiger partial charge < -0.3 is 24.5 Å². The van der Waals surface area contributed by atoms with E-state index in [1.165, 1.54) is 0 Å². The molecule has 222 valence electrons. The summed E-state index contributed by atoms with van der Waals surface area (Å²) in [6.07, 6.45) is 12.4. The molecule has 0 aromatic heterocycles. The molecular formula is C33H45N3O5. The Morgan fingerprint density at radius 3 is 2.24 bits per heavy atom. The van der Waals surface area contributed by atoms with Crippen LogP contribution in [0.25, 0.3) is 0 Å². The summed E-state index contributed by atoms with van der Waals surface area (Å²) in [5, 5.41) is 10.7. The number of likely N-dealkylation sites (tertiary alicyclic amines) is 1. The van der Waals surface area contributed by atoms with E-state index in [2.05, 4.69) is 6.92 Å². The molecule has 41 heavy (non-hydrogen) atoms. The number of unbranched alkanes of at least 4 members (excludes halogenated alkanes) is 2. The lowest BCUT2D eigenvalue weighted by molar-refractivity contribution is -0.157. The lowest BCUT2D eigenvalue weighted by Crippen LogP contribution is -2.59. The standard InChI is InChI=1S/C33H45N3O5/c1-4-7-11-19-35-21-13-17-33-27(26-29(38)34(18-5-2)20-12-16-32(26,6-3)41-33)30(39)36(28(33)31(35)40)25(23-37)22-24-14-9-8-10-15-24/h8-10,12-17,25-28,37H,4-7,11,18-23H2,1-3H3/t25-,26-,27+,28?,32+,33+/m1/s1. The smallest absolute Gasteiger partial charge is 0.249 e. The molecule has 0 radical (unpaired) electrons. The normalized spacial score (nSPS) is 31.7. The molecule has 6 atom stereocenters. The van der Waals surface area contributed by atoms with Gasteiger partial charge in [0.05, 0.1) is 30.1 Å². The third kappa shape index (κ3) is 4.93. The van der Waals surface area contributed by atoms with Crippen molar-refractivity contribution in [3.05, 3.63) is 60.2 Å². The first-order valence-electron chi connectivity index (χ1n) is 15.5. The summed E-state index contributed by atoms with van der Waals surface area (Å²) in [6, 6.07) is 8.12. The van der Waals surface area contributed by atoms with Crippen molar-refractivity contribution in [1.29, 1.82) is 0 Å². The molecule has 4 aliphatic heterocycles. The Labute approximate surface area is 244 Å². The molecule has 0 saturated carbocycles. The van der Waals surface area contributed by atoms with Crippen molar-refractivity contribution in [2.75, 3.05) is 32.8 Å². The van der Waals surface area contributed by atoms with Gasteiger partial charge in [-0.25, -0.2) is 0 Å². The second-order valence-corrected chi connectivity index (χ2v) is 12.0. The lowest BCUT2D eigenvalue weighted by Gasteiger charge is -2.41. The zero-order valence-electron chi connectivity index (χ0n) is 24.7. The van der Waals surface area contributed by atoms with Crippen molar-refractivity contribution >= 4 is 17.7 Å². The SMILES string of the molecule is CCCCCN1CC=C[C@]23O[C@@]4(CC)C=CCN(CCC)C(=O)[C@H]4[C@H]2C(=O)N([C@@H](CO)Cc2ccccc2)C3C1=O. The number of amides is 3. The van der Waals surface area contributed by atoms with Gasteiger partial charge in [-0.1, -0.05) is 88.2 Å². The Balaban J connectivity index is 1.63. The van der Waals surface area contributed by atoms with Gasteiger partial charge in [0.1, 0.15) is 11.6 Å². The Kier molecular flexibility index (Phi) is 8.71. The molecule has 1 N–H and O–H groups in total. The highest BCUT2D eigenvalue weighted by Crippen LogP contribution is 2.59. The molecule has 2 fully saturated rings. The third-order valence-corrected chi connectivity index (χ3v) is 9.49. The van der Waals surface area contributed by atoms with Crippen LogP contribution in [0, 0.1) is 11.8 Å². The van der Waals surface area contributed by atoms with Gasteiger partial charge >= 0.3 is 0 Å². The topological polar surface area (TPSA) is 90.4 Å². The van der Waals surface area contributed by atoms with Crippen molar-refractivity contribution in [3.63, 3.8) is 0 Å². The molecule has 2 saturated heterocycles. The number of aliphatic hydroxyl groups is 1. The minimum atomic E-state index is -1.30.